The maximum Gasteiger partial charge on any atom is 0.228 e. The highest BCUT2D eigenvalue weighted by Gasteiger charge is 2.12. The molecule has 0 heterocycles. The highest BCUT2D eigenvalue weighted by molar-refractivity contribution is 6.09. The second kappa shape index (κ2) is 5.89. The van der Waals surface area contributed by atoms with Crippen molar-refractivity contribution in [2.45, 2.75) is 0 Å². The van der Waals surface area contributed by atoms with Crippen LogP contribution < -0.4 is 9.47 Å². The van der Waals surface area contributed by atoms with Crippen molar-refractivity contribution in [3.63, 3.8) is 0 Å². The van der Waals surface area contributed by atoms with Gasteiger partial charge in [0.1, 0.15) is 11.5 Å². The Labute approximate surface area is 117 Å². The van der Waals surface area contributed by atoms with E-state index in [0.717, 1.165) is 0 Å². The summed E-state index contributed by atoms with van der Waals surface area (Å²) in [4.78, 5) is 15.7. The Morgan fingerprint density at radius 3 is 2.20 bits per heavy atom. The van der Waals surface area contributed by atoms with E-state index in [0.29, 0.717) is 28.3 Å². The van der Waals surface area contributed by atoms with Gasteiger partial charge >= 0.3 is 0 Å². The minimum absolute atomic E-state index is 0.123. The van der Waals surface area contributed by atoms with E-state index in [1.54, 1.807) is 49.6 Å². The molecule has 0 aromatic heterocycles. The third-order valence-electron chi connectivity index (χ3n) is 2.91. The number of ketones is 1. The molecule has 4 nitrogen and oxygen atoms in total. The van der Waals surface area contributed by atoms with Gasteiger partial charge in [-0.1, -0.05) is 12.1 Å². The predicted octanol–water partition coefficient (Wildman–Crippen LogP) is 3.49. The molecule has 0 saturated heterocycles. The van der Waals surface area contributed by atoms with Crippen molar-refractivity contribution in [1.29, 1.82) is 0 Å². The Kier molecular flexibility index (Phi) is 4.02. The largest absolute Gasteiger partial charge is 0.508 e. The maximum absolute atomic E-state index is 12.3. The third-order valence-corrected chi connectivity index (χ3v) is 2.91. The molecule has 0 saturated carbocycles. The molecular weight excluding hydrogens is 253 g/mol. The first-order valence-electron chi connectivity index (χ1n) is 5.94. The summed E-state index contributed by atoms with van der Waals surface area (Å²) in [5.41, 5.74) is 1.43. The van der Waals surface area contributed by atoms with Crippen LogP contribution >= 0.6 is 0 Å². The van der Waals surface area contributed by atoms with Crippen LogP contribution in [0.25, 0.3) is 4.85 Å². The summed E-state index contributed by atoms with van der Waals surface area (Å²) in [6, 6.07) is 11.7. The molecule has 0 atom stereocenters. The molecule has 0 unspecified atom stereocenters. The molecule has 2 aromatic carbocycles. The van der Waals surface area contributed by atoms with Gasteiger partial charge in [-0.15, -0.1) is 0 Å². The number of ether oxygens (including phenoxy) is 2. The maximum atomic E-state index is 12.3. The van der Waals surface area contributed by atoms with Crippen LogP contribution in [0.1, 0.15) is 15.9 Å². The van der Waals surface area contributed by atoms with Crippen LogP contribution in [-0.4, -0.2) is 20.0 Å². The van der Waals surface area contributed by atoms with Crippen molar-refractivity contribution in [2.75, 3.05) is 14.2 Å². The van der Waals surface area contributed by atoms with E-state index >= 15 is 0 Å². The molecule has 0 bridgehead atoms. The lowest BCUT2D eigenvalue weighted by Crippen LogP contribution is -2.01. The van der Waals surface area contributed by atoms with Crippen LogP contribution in [0.2, 0.25) is 0 Å². The molecule has 0 aliphatic heterocycles. The minimum atomic E-state index is -0.123. The van der Waals surface area contributed by atoms with Gasteiger partial charge in [-0.05, 0) is 30.3 Å². The lowest BCUT2D eigenvalue weighted by molar-refractivity contribution is 0.103. The molecule has 20 heavy (non-hydrogen) atoms. The van der Waals surface area contributed by atoms with Crippen molar-refractivity contribution >= 4 is 11.5 Å². The summed E-state index contributed by atoms with van der Waals surface area (Å²) in [5, 5.41) is 0. The Hall–Kier alpha value is -2.80. The van der Waals surface area contributed by atoms with Crippen molar-refractivity contribution in [2.24, 2.45) is 0 Å². The molecule has 0 spiro atoms. The number of benzene rings is 2. The Bertz CT molecular complexity index is 669. The smallest absolute Gasteiger partial charge is 0.228 e. The second-order valence-electron chi connectivity index (χ2n) is 4.06. The van der Waals surface area contributed by atoms with Crippen LogP contribution in [0, 0.1) is 6.57 Å². The number of carbonyl (C=O) groups excluding carboxylic acids is 1. The fourth-order valence-corrected chi connectivity index (χ4v) is 1.82. The second-order valence-corrected chi connectivity index (χ2v) is 4.06. The number of methoxy groups -OCH3 is 2. The minimum Gasteiger partial charge on any atom is -0.508 e. The molecule has 0 N–H and O–H groups in total. The number of nitrogens with zero attached hydrogens (tertiary/aromatic N) is 1. The first kappa shape index (κ1) is 13.6. The Morgan fingerprint density at radius 2 is 1.65 bits per heavy atom. The quantitative estimate of drug-likeness (QED) is 0.628. The van der Waals surface area contributed by atoms with Gasteiger partial charge in [0.05, 0.1) is 20.8 Å². The zero-order valence-corrected chi connectivity index (χ0v) is 11.2. The molecule has 0 aliphatic carbocycles. The molecule has 0 radical (unpaired) electrons. The number of hydrogen-bond donors (Lipinski definition) is 0. The standard InChI is InChI=1S/C16H13NO3/c1-17-14-9-6-12(10-15(14)20-3)16(18)11-4-7-13(19-2)8-5-11/h4-10H,2-3H3/i1-1. The summed E-state index contributed by atoms with van der Waals surface area (Å²) < 4.78 is 10.2. The fraction of sp³-hybridized carbons (Fsp3) is 0.125. The topological polar surface area (TPSA) is 39.9 Å². The number of hydrogen-bond acceptors (Lipinski definition) is 3. The molecule has 2 rings (SSSR count). The molecular formula is C16H13NO3. The highest BCUT2D eigenvalue weighted by atomic mass is 16.5. The van der Waals surface area contributed by atoms with Crippen LogP contribution in [0.5, 0.6) is 11.5 Å². The first-order chi connectivity index (χ1) is 9.69. The molecule has 100 valence electrons. The molecule has 2 aromatic rings. The molecule has 0 aliphatic rings. The van der Waals surface area contributed by atoms with E-state index in [9.17, 15) is 4.79 Å². The normalized spacial score (nSPS) is 9.65. The molecule has 0 fully saturated rings. The monoisotopic (exact) mass is 266 g/mol. The van der Waals surface area contributed by atoms with Gasteiger partial charge < -0.3 is 9.47 Å². The van der Waals surface area contributed by atoms with Crippen LogP contribution in [0.15, 0.2) is 42.5 Å². The van der Waals surface area contributed by atoms with E-state index in [2.05, 4.69) is 4.85 Å². The lowest BCUT2D eigenvalue weighted by atomic mass is 10.0. The zero-order valence-electron chi connectivity index (χ0n) is 11.2. The van der Waals surface area contributed by atoms with Gasteiger partial charge in [-0.2, -0.15) is 0 Å². The predicted molar refractivity (Wildman–Crippen MR) is 75.7 cm³/mol. The van der Waals surface area contributed by atoms with Gasteiger partial charge in [0, 0.05) is 11.1 Å². The van der Waals surface area contributed by atoms with E-state index in [1.165, 1.54) is 7.11 Å². The van der Waals surface area contributed by atoms with Gasteiger partial charge in [-0.3, -0.25) is 4.79 Å². The average molecular weight is 266 g/mol. The van der Waals surface area contributed by atoms with Gasteiger partial charge in [0.15, 0.2) is 5.78 Å². The van der Waals surface area contributed by atoms with Crippen molar-refractivity contribution < 1.29 is 14.3 Å². The Morgan fingerprint density at radius 1 is 1.00 bits per heavy atom. The summed E-state index contributed by atoms with van der Waals surface area (Å²) in [6.07, 6.45) is 0. The average Bonchev–Trinajstić information content (AvgIpc) is 2.53. The van der Waals surface area contributed by atoms with Crippen LogP contribution in [0.4, 0.5) is 5.69 Å². The van der Waals surface area contributed by atoms with Crippen LogP contribution in [0.3, 0.4) is 0 Å². The summed E-state index contributed by atoms with van der Waals surface area (Å²) in [6.45, 7) is 7.02. The molecule has 0 amide bonds. The Balaban J connectivity index is 2.35. The van der Waals surface area contributed by atoms with Crippen LogP contribution in [-0.2, 0) is 0 Å². The lowest BCUT2D eigenvalue weighted by Gasteiger charge is -2.07. The SMILES string of the molecule is COc1ccc(C(=O)c2ccc([N+]#[11C-])c(OC)c2)cc1. The summed E-state index contributed by atoms with van der Waals surface area (Å²) in [7, 11) is 3.05. The van der Waals surface area contributed by atoms with Gasteiger partial charge in [0.25, 0.3) is 0 Å². The number of rotatable bonds is 4. The van der Waals surface area contributed by atoms with Crippen molar-refractivity contribution in [1.82, 2.24) is 0 Å². The highest BCUT2D eigenvalue weighted by Crippen LogP contribution is 2.29. The third kappa shape index (κ3) is 2.62. The van der Waals surface area contributed by atoms with Gasteiger partial charge in [-0.25, -0.2) is 4.85 Å². The van der Waals surface area contributed by atoms with E-state index in [-0.39, 0.29) is 5.78 Å². The fourth-order valence-electron chi connectivity index (χ4n) is 1.82. The van der Waals surface area contributed by atoms with E-state index in [4.69, 9.17) is 16.0 Å². The zero-order chi connectivity index (χ0) is 14.5. The number of carbonyl (C=O) groups is 1. The van der Waals surface area contributed by atoms with Gasteiger partial charge in [0.2, 0.25) is 5.69 Å². The molecule has 4 heteroatoms. The summed E-state index contributed by atoms with van der Waals surface area (Å²) >= 11 is 0. The first-order valence-corrected chi connectivity index (χ1v) is 5.94. The summed E-state index contributed by atoms with van der Waals surface area (Å²) in [5.74, 6) is 0.976. The van der Waals surface area contributed by atoms with Crippen molar-refractivity contribution in [3.05, 3.63) is 65.0 Å². The van der Waals surface area contributed by atoms with E-state index < -0.39 is 0 Å². The van der Waals surface area contributed by atoms with E-state index in [1.807, 2.05) is 0 Å². The van der Waals surface area contributed by atoms with Crippen molar-refractivity contribution in [3.8, 4) is 11.5 Å².